The predicted molar refractivity (Wildman–Crippen MR) is 57.4 cm³/mol. The highest BCUT2D eigenvalue weighted by Gasteiger charge is 2.35. The normalized spacial score (nSPS) is 29.7. The minimum absolute atomic E-state index is 0.193. The fourth-order valence-corrected chi connectivity index (χ4v) is 2.27. The maximum absolute atomic E-state index is 5.94. The summed E-state index contributed by atoms with van der Waals surface area (Å²) in [6, 6.07) is 7.91. The molecule has 15 heavy (non-hydrogen) atoms. The van der Waals surface area contributed by atoms with Gasteiger partial charge in [-0.1, -0.05) is 12.1 Å². The Morgan fingerprint density at radius 2 is 1.80 bits per heavy atom. The Labute approximate surface area is 89.6 Å². The number of likely N-dealkylation sites (N-methyl/N-ethyl adjacent to an activating group) is 1. The molecule has 2 unspecified atom stereocenters. The van der Waals surface area contributed by atoms with Crippen molar-refractivity contribution in [3.05, 3.63) is 24.3 Å². The molecule has 0 aliphatic carbocycles. The first kappa shape index (κ1) is 9.04. The number of piperidine rings is 1. The molecule has 3 nitrogen and oxygen atoms in total. The van der Waals surface area contributed by atoms with E-state index in [2.05, 4.69) is 11.9 Å². The van der Waals surface area contributed by atoms with Gasteiger partial charge in [-0.3, -0.25) is 0 Å². The Morgan fingerprint density at radius 1 is 1.13 bits per heavy atom. The van der Waals surface area contributed by atoms with E-state index in [9.17, 15) is 0 Å². The number of fused-ring (bicyclic) bond motifs is 2. The Morgan fingerprint density at radius 3 is 2.53 bits per heavy atom. The largest absolute Gasteiger partial charge is 0.483 e. The van der Waals surface area contributed by atoms with Crippen LogP contribution < -0.4 is 9.47 Å². The standard InChI is InChI=1S/C12H15NO2/c1-13-7-6-11-12(8-13)15-10-5-3-2-4-9(10)14-11/h2-5,11-12H,6-8H2,1H3. The second kappa shape index (κ2) is 3.42. The number of ether oxygens (including phenoxy) is 2. The van der Waals surface area contributed by atoms with Crippen molar-refractivity contribution in [1.29, 1.82) is 0 Å². The first-order valence-corrected chi connectivity index (χ1v) is 5.44. The lowest BCUT2D eigenvalue weighted by molar-refractivity contribution is -0.0282. The van der Waals surface area contributed by atoms with Crippen LogP contribution in [0.5, 0.6) is 11.5 Å². The van der Waals surface area contributed by atoms with E-state index in [0.717, 1.165) is 31.0 Å². The van der Waals surface area contributed by atoms with Gasteiger partial charge in [-0.15, -0.1) is 0 Å². The minimum Gasteiger partial charge on any atom is -0.483 e. The molecule has 2 aliphatic rings. The third-order valence-electron chi connectivity index (χ3n) is 3.11. The number of hydrogen-bond donors (Lipinski definition) is 0. The minimum atomic E-state index is 0.193. The van der Waals surface area contributed by atoms with Crippen LogP contribution in [-0.4, -0.2) is 37.2 Å². The molecule has 3 rings (SSSR count). The zero-order valence-electron chi connectivity index (χ0n) is 8.85. The van der Waals surface area contributed by atoms with Gasteiger partial charge < -0.3 is 14.4 Å². The average molecular weight is 205 g/mol. The lowest BCUT2D eigenvalue weighted by Crippen LogP contribution is -2.52. The summed E-state index contributed by atoms with van der Waals surface area (Å²) in [5.74, 6) is 1.78. The van der Waals surface area contributed by atoms with Crippen LogP contribution in [0.2, 0.25) is 0 Å². The molecule has 0 N–H and O–H groups in total. The van der Waals surface area contributed by atoms with Crippen LogP contribution in [0, 0.1) is 0 Å². The van der Waals surface area contributed by atoms with Crippen LogP contribution in [0.1, 0.15) is 6.42 Å². The summed E-state index contributed by atoms with van der Waals surface area (Å²) in [4.78, 5) is 2.29. The molecule has 80 valence electrons. The van der Waals surface area contributed by atoms with Gasteiger partial charge in [0.2, 0.25) is 0 Å². The molecule has 0 bridgehead atoms. The highest BCUT2D eigenvalue weighted by Crippen LogP contribution is 2.35. The predicted octanol–water partition coefficient (Wildman–Crippen LogP) is 1.53. The highest BCUT2D eigenvalue weighted by atomic mass is 16.6. The van der Waals surface area contributed by atoms with Crippen LogP contribution in [0.4, 0.5) is 0 Å². The fourth-order valence-electron chi connectivity index (χ4n) is 2.27. The Kier molecular flexibility index (Phi) is 2.06. The van der Waals surface area contributed by atoms with Gasteiger partial charge in [-0.05, 0) is 19.2 Å². The molecule has 1 aromatic carbocycles. The number of rotatable bonds is 0. The van der Waals surface area contributed by atoms with E-state index in [4.69, 9.17) is 9.47 Å². The van der Waals surface area contributed by atoms with Crippen molar-refractivity contribution in [2.75, 3.05) is 20.1 Å². The van der Waals surface area contributed by atoms with Gasteiger partial charge in [-0.25, -0.2) is 0 Å². The van der Waals surface area contributed by atoms with Gasteiger partial charge in [-0.2, -0.15) is 0 Å². The van der Waals surface area contributed by atoms with Crippen molar-refractivity contribution in [3.8, 4) is 11.5 Å². The van der Waals surface area contributed by atoms with Crippen molar-refractivity contribution in [1.82, 2.24) is 4.90 Å². The number of likely N-dealkylation sites (tertiary alicyclic amines) is 1. The molecule has 0 aromatic heterocycles. The fraction of sp³-hybridized carbons (Fsp3) is 0.500. The van der Waals surface area contributed by atoms with E-state index < -0.39 is 0 Å². The smallest absolute Gasteiger partial charge is 0.161 e. The Bertz CT molecular complexity index is 366. The van der Waals surface area contributed by atoms with E-state index in [0.29, 0.717) is 0 Å². The summed E-state index contributed by atoms with van der Waals surface area (Å²) in [6.45, 7) is 2.05. The Balaban J connectivity index is 1.87. The number of para-hydroxylation sites is 2. The molecular formula is C12H15NO2. The van der Waals surface area contributed by atoms with E-state index in [1.54, 1.807) is 0 Å². The summed E-state index contributed by atoms with van der Waals surface area (Å²) in [5, 5.41) is 0. The van der Waals surface area contributed by atoms with Crippen molar-refractivity contribution in [3.63, 3.8) is 0 Å². The topological polar surface area (TPSA) is 21.7 Å². The maximum Gasteiger partial charge on any atom is 0.161 e. The van der Waals surface area contributed by atoms with Crippen molar-refractivity contribution >= 4 is 0 Å². The van der Waals surface area contributed by atoms with E-state index in [1.165, 1.54) is 0 Å². The summed E-state index contributed by atoms with van der Waals surface area (Å²) in [5.41, 5.74) is 0. The lowest BCUT2D eigenvalue weighted by atomic mass is 10.0. The third kappa shape index (κ3) is 1.57. The van der Waals surface area contributed by atoms with Gasteiger partial charge in [0.25, 0.3) is 0 Å². The summed E-state index contributed by atoms with van der Waals surface area (Å²) >= 11 is 0. The average Bonchev–Trinajstić information content (AvgIpc) is 2.26. The second-order valence-corrected chi connectivity index (χ2v) is 4.31. The zero-order valence-corrected chi connectivity index (χ0v) is 8.85. The first-order valence-electron chi connectivity index (χ1n) is 5.44. The van der Waals surface area contributed by atoms with Gasteiger partial charge in [0, 0.05) is 19.5 Å². The molecule has 3 heteroatoms. The number of nitrogens with zero attached hydrogens (tertiary/aromatic N) is 1. The molecule has 1 saturated heterocycles. The van der Waals surface area contributed by atoms with E-state index >= 15 is 0 Å². The van der Waals surface area contributed by atoms with Gasteiger partial charge in [0.15, 0.2) is 11.5 Å². The molecule has 1 fully saturated rings. The molecule has 0 saturated carbocycles. The van der Waals surface area contributed by atoms with E-state index in [-0.39, 0.29) is 12.2 Å². The summed E-state index contributed by atoms with van der Waals surface area (Å²) in [7, 11) is 2.13. The van der Waals surface area contributed by atoms with Crippen molar-refractivity contribution in [2.24, 2.45) is 0 Å². The molecule has 0 amide bonds. The van der Waals surface area contributed by atoms with Crippen LogP contribution in [-0.2, 0) is 0 Å². The third-order valence-corrected chi connectivity index (χ3v) is 3.11. The van der Waals surface area contributed by atoms with Crippen LogP contribution in [0.3, 0.4) is 0 Å². The number of hydrogen-bond acceptors (Lipinski definition) is 3. The number of benzene rings is 1. The van der Waals surface area contributed by atoms with Gasteiger partial charge in [0.05, 0.1) is 0 Å². The SMILES string of the molecule is CN1CCC2Oc3ccccc3OC2C1. The van der Waals surface area contributed by atoms with Crippen LogP contribution in [0.25, 0.3) is 0 Å². The molecule has 2 atom stereocenters. The maximum atomic E-state index is 5.94. The lowest BCUT2D eigenvalue weighted by Gasteiger charge is -2.40. The van der Waals surface area contributed by atoms with Crippen LogP contribution in [0.15, 0.2) is 24.3 Å². The molecule has 2 heterocycles. The van der Waals surface area contributed by atoms with Gasteiger partial charge in [0.1, 0.15) is 12.2 Å². The molecular weight excluding hydrogens is 190 g/mol. The van der Waals surface area contributed by atoms with E-state index in [1.807, 2.05) is 24.3 Å². The van der Waals surface area contributed by atoms with Crippen LogP contribution >= 0.6 is 0 Å². The first-order chi connectivity index (χ1) is 7.33. The zero-order chi connectivity index (χ0) is 10.3. The molecule has 0 radical (unpaired) electrons. The summed E-state index contributed by atoms with van der Waals surface area (Å²) in [6.07, 6.45) is 1.48. The Hall–Kier alpha value is -1.22. The van der Waals surface area contributed by atoms with Gasteiger partial charge >= 0.3 is 0 Å². The summed E-state index contributed by atoms with van der Waals surface area (Å²) < 4.78 is 11.9. The monoisotopic (exact) mass is 205 g/mol. The van der Waals surface area contributed by atoms with Crippen molar-refractivity contribution < 1.29 is 9.47 Å². The van der Waals surface area contributed by atoms with Crippen molar-refractivity contribution in [2.45, 2.75) is 18.6 Å². The second-order valence-electron chi connectivity index (χ2n) is 4.31. The highest BCUT2D eigenvalue weighted by molar-refractivity contribution is 5.41. The molecule has 2 aliphatic heterocycles. The molecule has 1 aromatic rings. The quantitative estimate of drug-likeness (QED) is 0.641. The molecule has 0 spiro atoms.